The number of carboxylic acids is 1. The van der Waals surface area contributed by atoms with Gasteiger partial charge in [-0.1, -0.05) is 77.4 Å². The summed E-state index contributed by atoms with van der Waals surface area (Å²) in [6.07, 6.45) is 21.2. The Morgan fingerprint density at radius 1 is 0.828 bits per heavy atom. The molecule has 0 aliphatic rings. The van der Waals surface area contributed by atoms with Gasteiger partial charge in [-0.25, -0.2) is 8.42 Å². The first-order valence-corrected chi connectivity index (χ1v) is 12.3. The number of unbranched alkanes of at least 4 members (excludes halogenated alkanes) is 11. The van der Waals surface area contributed by atoms with Gasteiger partial charge in [0.25, 0.3) is 0 Å². The number of hydrogen-bond donors (Lipinski definition) is 2. The van der Waals surface area contributed by atoms with Crippen molar-refractivity contribution in [2.75, 3.05) is 12.8 Å². The molecule has 8 heteroatoms. The molecule has 0 saturated heterocycles. The Morgan fingerprint density at radius 2 is 1.17 bits per heavy atom. The summed E-state index contributed by atoms with van der Waals surface area (Å²) in [5, 5.41) is 8.51. The van der Waals surface area contributed by atoms with Crippen LogP contribution in [0.1, 0.15) is 104 Å². The van der Waals surface area contributed by atoms with E-state index < -0.39 is 16.1 Å². The van der Waals surface area contributed by atoms with Crippen molar-refractivity contribution in [3.05, 3.63) is 12.2 Å². The van der Waals surface area contributed by atoms with Gasteiger partial charge in [-0.2, -0.15) is 0 Å². The SMILES string of the molecule is CCCCCCCC/C=C\CCCCCCCC(=O)O.CCS(=O)(=O)[O-].CN.[Na+]. The first-order valence-electron chi connectivity index (χ1n) is 10.7. The van der Waals surface area contributed by atoms with Crippen molar-refractivity contribution in [3.63, 3.8) is 0 Å². The number of allylic oxidation sites excluding steroid dienone is 2. The number of carboxylic acid groups (broad SMARTS) is 1. The van der Waals surface area contributed by atoms with Gasteiger partial charge in [-0.15, -0.1) is 0 Å². The molecule has 0 unspecified atom stereocenters. The molecule has 0 rings (SSSR count). The number of nitrogens with two attached hydrogens (primary N) is 1. The Bertz CT molecular complexity index is 442. The quantitative estimate of drug-likeness (QED) is 0.163. The third-order valence-electron chi connectivity index (χ3n) is 4.01. The van der Waals surface area contributed by atoms with Crippen LogP contribution >= 0.6 is 0 Å². The number of hydrogen-bond acceptors (Lipinski definition) is 5. The zero-order valence-electron chi connectivity index (χ0n) is 19.3. The smallest absolute Gasteiger partial charge is 0.748 e. The maximum Gasteiger partial charge on any atom is 1.00 e. The third kappa shape index (κ3) is 47.4. The summed E-state index contributed by atoms with van der Waals surface area (Å²) >= 11 is 0. The molecule has 0 aliphatic carbocycles. The largest absolute Gasteiger partial charge is 1.00 e. The van der Waals surface area contributed by atoms with Gasteiger partial charge in [0, 0.05) is 12.2 Å². The fourth-order valence-electron chi connectivity index (χ4n) is 2.35. The van der Waals surface area contributed by atoms with Gasteiger partial charge in [0.05, 0.1) is 10.1 Å². The topological polar surface area (TPSA) is 121 Å². The molecule has 0 bridgehead atoms. The van der Waals surface area contributed by atoms with E-state index in [0.29, 0.717) is 6.42 Å². The molecule has 0 fully saturated rings. The normalized spacial score (nSPS) is 10.4. The van der Waals surface area contributed by atoms with E-state index >= 15 is 0 Å². The van der Waals surface area contributed by atoms with E-state index in [4.69, 9.17) is 5.11 Å². The van der Waals surface area contributed by atoms with Crippen LogP contribution in [-0.2, 0) is 14.9 Å². The van der Waals surface area contributed by atoms with Crippen LogP contribution in [0.25, 0.3) is 0 Å². The van der Waals surface area contributed by atoms with Crippen molar-refractivity contribution < 1.29 is 52.4 Å². The van der Waals surface area contributed by atoms with Gasteiger partial charge in [0.2, 0.25) is 0 Å². The van der Waals surface area contributed by atoms with Gasteiger partial charge >= 0.3 is 35.5 Å². The van der Waals surface area contributed by atoms with E-state index in [-0.39, 0.29) is 35.3 Å². The second-order valence-corrected chi connectivity index (χ2v) is 8.27. The Balaban J connectivity index is -0.000000296. The molecule has 0 amide bonds. The predicted octanol–water partition coefficient (Wildman–Crippen LogP) is 2.24. The van der Waals surface area contributed by atoms with Crippen LogP contribution in [0.15, 0.2) is 12.2 Å². The zero-order chi connectivity index (χ0) is 22.1. The Hall–Kier alpha value is 0.0800. The molecule has 0 aliphatic heterocycles. The van der Waals surface area contributed by atoms with Gasteiger partial charge in [-0.05, 0) is 39.2 Å². The van der Waals surface area contributed by atoms with Crippen molar-refractivity contribution in [1.29, 1.82) is 0 Å². The minimum absolute atomic E-state index is 0. The Morgan fingerprint density at radius 3 is 1.52 bits per heavy atom. The molecule has 6 nitrogen and oxygen atoms in total. The van der Waals surface area contributed by atoms with Crippen molar-refractivity contribution in [3.8, 4) is 0 Å². The summed E-state index contributed by atoms with van der Waals surface area (Å²) in [7, 11) is -2.41. The molecular formula is C21H44NNaO5S. The third-order valence-corrected chi connectivity index (χ3v) is 4.71. The molecule has 29 heavy (non-hydrogen) atoms. The van der Waals surface area contributed by atoms with Crippen molar-refractivity contribution >= 4 is 16.1 Å². The standard InChI is InChI=1S/C18H34O2.C2H6O3S.CH5N.Na/c1-2-3-4-5-6-7-8-9-10-11-12-13-14-15-16-17-18(19)20;1-2-6(3,4)5;1-2;/h9-10H,2-8,11-17H2,1H3,(H,19,20);2H2,1H3,(H,3,4,5);2H2,1H3;/q;;;+1/p-1/b10-9-;;;. The predicted molar refractivity (Wildman–Crippen MR) is 117 cm³/mol. The molecule has 0 spiro atoms. The van der Waals surface area contributed by atoms with E-state index in [1.54, 1.807) is 0 Å². The molecule has 0 aromatic heterocycles. The molecule has 0 heterocycles. The number of rotatable bonds is 16. The van der Waals surface area contributed by atoms with E-state index in [0.717, 1.165) is 12.8 Å². The van der Waals surface area contributed by atoms with Crippen LogP contribution in [0.4, 0.5) is 0 Å². The van der Waals surface area contributed by atoms with E-state index in [9.17, 15) is 17.8 Å². The fraction of sp³-hybridized carbons (Fsp3) is 0.857. The Kier molecular flexibility index (Phi) is 38.1. The number of aliphatic carboxylic acids is 1. The summed E-state index contributed by atoms with van der Waals surface area (Å²) in [6.45, 7) is 3.57. The van der Waals surface area contributed by atoms with E-state index in [1.807, 2.05) is 0 Å². The fourth-order valence-corrected chi connectivity index (χ4v) is 2.35. The van der Waals surface area contributed by atoms with Gasteiger partial charge in [-0.3, -0.25) is 4.79 Å². The summed E-state index contributed by atoms with van der Waals surface area (Å²) < 4.78 is 28.3. The van der Waals surface area contributed by atoms with E-state index in [2.05, 4.69) is 24.8 Å². The molecular weight excluding hydrogens is 401 g/mol. The van der Waals surface area contributed by atoms with E-state index in [1.165, 1.54) is 84.6 Å². The van der Waals surface area contributed by atoms with Crippen molar-refractivity contribution in [2.24, 2.45) is 5.73 Å². The second kappa shape index (κ2) is 30.3. The van der Waals surface area contributed by atoms with Crippen LogP contribution in [0.2, 0.25) is 0 Å². The zero-order valence-corrected chi connectivity index (χ0v) is 22.1. The average molecular weight is 446 g/mol. The summed E-state index contributed by atoms with van der Waals surface area (Å²) in [5.41, 5.74) is 4.50. The minimum Gasteiger partial charge on any atom is -0.748 e. The van der Waals surface area contributed by atoms with Gasteiger partial charge in [0.15, 0.2) is 0 Å². The van der Waals surface area contributed by atoms with Crippen LogP contribution in [-0.4, -0.2) is 36.8 Å². The molecule has 0 saturated carbocycles. The molecule has 0 aromatic carbocycles. The van der Waals surface area contributed by atoms with Crippen molar-refractivity contribution in [2.45, 2.75) is 104 Å². The summed E-state index contributed by atoms with van der Waals surface area (Å²) in [4.78, 5) is 10.3. The minimum atomic E-state index is -3.91. The summed E-state index contributed by atoms with van der Waals surface area (Å²) in [5.74, 6) is -0.977. The molecule has 0 atom stereocenters. The first kappa shape index (κ1) is 36.5. The Labute approximate surface area is 202 Å². The maximum atomic E-state index is 10.3. The molecule has 170 valence electrons. The first-order chi connectivity index (χ1) is 13.3. The van der Waals surface area contributed by atoms with Crippen LogP contribution in [0, 0.1) is 0 Å². The summed E-state index contributed by atoms with van der Waals surface area (Å²) in [6, 6.07) is 0. The number of carbonyl (C=O) groups is 1. The van der Waals surface area contributed by atoms with Crippen LogP contribution < -0.4 is 35.3 Å². The molecule has 0 aromatic rings. The molecule has 0 radical (unpaired) electrons. The van der Waals surface area contributed by atoms with Gasteiger partial charge < -0.3 is 15.4 Å². The second-order valence-electron chi connectivity index (χ2n) is 6.57. The van der Waals surface area contributed by atoms with Gasteiger partial charge in [0.1, 0.15) is 0 Å². The molecule has 3 N–H and O–H groups in total. The van der Waals surface area contributed by atoms with Crippen LogP contribution in [0.3, 0.4) is 0 Å². The van der Waals surface area contributed by atoms with Crippen LogP contribution in [0.5, 0.6) is 0 Å². The maximum absolute atomic E-state index is 10.3. The van der Waals surface area contributed by atoms with Crippen molar-refractivity contribution in [1.82, 2.24) is 0 Å². The average Bonchev–Trinajstić information content (AvgIpc) is 2.66. The monoisotopic (exact) mass is 445 g/mol.